The van der Waals surface area contributed by atoms with Crippen LogP contribution in [0.3, 0.4) is 0 Å². The first-order valence-electron chi connectivity index (χ1n) is 9.60. The summed E-state index contributed by atoms with van der Waals surface area (Å²) in [5, 5.41) is 4.87. The fraction of sp³-hybridized carbons (Fsp3) is 0.350. The van der Waals surface area contributed by atoms with Crippen LogP contribution in [0, 0.1) is 5.92 Å². The maximum atomic E-state index is 12.7. The molecule has 3 heterocycles. The van der Waals surface area contributed by atoms with Gasteiger partial charge in [-0.3, -0.25) is 4.79 Å². The normalized spacial score (nSPS) is 18.4. The highest BCUT2D eigenvalue weighted by atomic mass is 35.5. The number of hydrogen-bond donors (Lipinski definition) is 3. The summed E-state index contributed by atoms with van der Waals surface area (Å²) in [7, 11) is 0. The van der Waals surface area contributed by atoms with E-state index < -0.39 is 0 Å². The minimum atomic E-state index is 0.0820. The van der Waals surface area contributed by atoms with Gasteiger partial charge in [0.1, 0.15) is 17.0 Å². The van der Waals surface area contributed by atoms with Crippen molar-refractivity contribution in [2.24, 2.45) is 5.92 Å². The quantitative estimate of drug-likeness (QED) is 0.413. The molecule has 0 saturated carbocycles. The predicted molar refractivity (Wildman–Crippen MR) is 121 cm³/mol. The van der Waals surface area contributed by atoms with Gasteiger partial charge in [0.05, 0.1) is 16.1 Å². The van der Waals surface area contributed by atoms with E-state index in [9.17, 15) is 4.79 Å². The molecule has 0 spiro atoms. The largest absolute Gasteiger partial charge is 0.398 e. The van der Waals surface area contributed by atoms with Crippen molar-refractivity contribution in [3.63, 3.8) is 0 Å². The smallest absolute Gasteiger partial charge is 0.226 e. The summed E-state index contributed by atoms with van der Waals surface area (Å²) < 4.78 is 0. The molecule has 3 N–H and O–H groups in total. The first-order chi connectivity index (χ1) is 14.0. The number of nitrogens with two attached hydrogens (primary N) is 1. The number of amides is 1. The zero-order valence-corrected chi connectivity index (χ0v) is 18.1. The van der Waals surface area contributed by atoms with Crippen molar-refractivity contribution in [1.29, 1.82) is 0 Å². The van der Waals surface area contributed by atoms with E-state index in [2.05, 4.69) is 27.9 Å². The number of carbonyl (C=O) groups is 1. The topological polar surface area (TPSA) is 84.1 Å². The second-order valence-corrected chi connectivity index (χ2v) is 9.51. The van der Waals surface area contributed by atoms with Crippen LogP contribution in [-0.2, 0) is 17.6 Å². The highest BCUT2D eigenvalue weighted by molar-refractivity contribution is 7.80. The van der Waals surface area contributed by atoms with E-state index in [0.29, 0.717) is 27.2 Å². The van der Waals surface area contributed by atoms with E-state index >= 15 is 0 Å². The van der Waals surface area contributed by atoms with Crippen molar-refractivity contribution < 1.29 is 4.79 Å². The molecule has 1 aromatic carbocycles. The summed E-state index contributed by atoms with van der Waals surface area (Å²) in [5.41, 5.74) is 8.36. The van der Waals surface area contributed by atoms with Gasteiger partial charge in [0.25, 0.3) is 0 Å². The Bertz CT molecular complexity index is 1130. The number of thiophene rings is 1. The second-order valence-electron chi connectivity index (χ2n) is 7.54. The van der Waals surface area contributed by atoms with Gasteiger partial charge in [-0.15, -0.1) is 24.0 Å². The number of nitrogens with one attached hydrogen (secondary N) is 1. The molecular formula is C20H20ClN5OS2. The van der Waals surface area contributed by atoms with E-state index in [1.54, 1.807) is 29.8 Å². The van der Waals surface area contributed by atoms with Gasteiger partial charge in [-0.25, -0.2) is 9.97 Å². The Hall–Kier alpha value is -2.03. The van der Waals surface area contributed by atoms with E-state index in [4.69, 9.17) is 17.3 Å². The van der Waals surface area contributed by atoms with Crippen LogP contribution in [0.25, 0.3) is 10.2 Å². The predicted octanol–water partition coefficient (Wildman–Crippen LogP) is 4.30. The van der Waals surface area contributed by atoms with Crippen LogP contribution < -0.4 is 11.1 Å². The Balaban J connectivity index is 1.49. The highest BCUT2D eigenvalue weighted by Gasteiger charge is 2.33. The maximum Gasteiger partial charge on any atom is 0.226 e. The van der Waals surface area contributed by atoms with Crippen molar-refractivity contribution in [2.45, 2.75) is 30.6 Å². The second kappa shape index (κ2) is 7.34. The van der Waals surface area contributed by atoms with Gasteiger partial charge < -0.3 is 16.0 Å². The number of likely N-dealkylation sites (tertiary alicyclic amines) is 1. The SMILES string of the molecule is Nc1cc(Cl)c(Nc2ncnc3sc4c(c23)CCC(C(=O)N2CCC2)C4)cc1S. The number of aromatic nitrogens is 2. The van der Waals surface area contributed by atoms with Crippen molar-refractivity contribution in [3.05, 3.63) is 33.9 Å². The minimum absolute atomic E-state index is 0.0820. The van der Waals surface area contributed by atoms with Crippen LogP contribution in [0.2, 0.25) is 5.02 Å². The van der Waals surface area contributed by atoms with Gasteiger partial charge in [-0.05, 0) is 43.4 Å². The lowest BCUT2D eigenvalue weighted by Gasteiger charge is -2.35. The number of rotatable bonds is 3. The van der Waals surface area contributed by atoms with Gasteiger partial charge >= 0.3 is 0 Å². The highest BCUT2D eigenvalue weighted by Crippen LogP contribution is 2.42. The summed E-state index contributed by atoms with van der Waals surface area (Å²) in [6, 6.07) is 3.48. The maximum absolute atomic E-state index is 12.7. The molecule has 5 rings (SSSR count). The molecule has 1 amide bonds. The summed E-state index contributed by atoms with van der Waals surface area (Å²) >= 11 is 12.4. The molecule has 1 saturated heterocycles. The minimum Gasteiger partial charge on any atom is -0.398 e. The number of anilines is 3. The molecule has 1 atom stereocenters. The molecule has 1 aliphatic heterocycles. The Kier molecular flexibility index (Phi) is 4.80. The fourth-order valence-electron chi connectivity index (χ4n) is 4.01. The Labute approximate surface area is 182 Å². The van der Waals surface area contributed by atoms with Crippen LogP contribution in [0.1, 0.15) is 23.3 Å². The average Bonchev–Trinajstić information content (AvgIpc) is 3.03. The molecular weight excluding hydrogens is 426 g/mol. The summed E-state index contributed by atoms with van der Waals surface area (Å²) in [5.74, 6) is 1.11. The number of thiol groups is 1. The molecule has 6 nitrogen and oxygen atoms in total. The summed E-state index contributed by atoms with van der Waals surface area (Å²) in [6.45, 7) is 1.81. The van der Waals surface area contributed by atoms with Crippen molar-refractivity contribution in [1.82, 2.24) is 14.9 Å². The molecule has 2 aliphatic rings. The summed E-state index contributed by atoms with van der Waals surface area (Å²) in [6.07, 6.45) is 5.19. The van der Waals surface area contributed by atoms with Crippen molar-refractivity contribution in [3.8, 4) is 0 Å². The molecule has 3 aromatic rings. The molecule has 150 valence electrons. The molecule has 29 heavy (non-hydrogen) atoms. The van der Waals surface area contributed by atoms with Gasteiger partial charge in [0.15, 0.2) is 0 Å². The van der Waals surface area contributed by atoms with Crippen molar-refractivity contribution >= 4 is 68.9 Å². The van der Waals surface area contributed by atoms with E-state index in [1.807, 2.05) is 4.90 Å². The van der Waals surface area contributed by atoms with Crippen molar-refractivity contribution in [2.75, 3.05) is 24.1 Å². The standard InChI is InChI=1S/C20H20ClN5OS2/c21-12-7-13(22)15(28)8-14(12)25-18-17-11-3-2-10(20(27)26-4-1-5-26)6-16(11)29-19(17)24-9-23-18/h7-10,28H,1-6,22H2,(H,23,24,25). The monoisotopic (exact) mass is 445 g/mol. The van der Waals surface area contributed by atoms with Crippen LogP contribution >= 0.6 is 35.6 Å². The Morgan fingerprint density at radius 1 is 1.34 bits per heavy atom. The molecule has 1 aliphatic carbocycles. The molecule has 1 unspecified atom stereocenters. The molecule has 0 bridgehead atoms. The van der Waals surface area contributed by atoms with Crippen LogP contribution in [0.5, 0.6) is 0 Å². The number of nitrogens with zero attached hydrogens (tertiary/aromatic N) is 3. The molecule has 9 heteroatoms. The van der Waals surface area contributed by atoms with Crippen LogP contribution in [-0.4, -0.2) is 33.9 Å². The molecule has 0 radical (unpaired) electrons. The first kappa shape index (κ1) is 19.0. The zero-order valence-electron chi connectivity index (χ0n) is 15.6. The number of hydrogen-bond acceptors (Lipinski definition) is 7. The number of fused-ring (bicyclic) bond motifs is 3. The lowest BCUT2D eigenvalue weighted by molar-refractivity contribution is -0.139. The third-order valence-electron chi connectivity index (χ3n) is 5.73. The van der Waals surface area contributed by atoms with E-state index in [1.165, 1.54) is 10.4 Å². The number of benzene rings is 1. The zero-order chi connectivity index (χ0) is 20.1. The van der Waals surface area contributed by atoms with Gasteiger partial charge in [-0.1, -0.05) is 11.6 Å². The number of halogens is 1. The van der Waals surface area contributed by atoms with Crippen LogP contribution in [0.4, 0.5) is 17.2 Å². The number of nitrogen functional groups attached to an aromatic ring is 1. The number of carbonyl (C=O) groups excluding carboxylic acids is 1. The Morgan fingerprint density at radius 2 is 2.17 bits per heavy atom. The van der Waals surface area contributed by atoms with Crippen LogP contribution in [0.15, 0.2) is 23.4 Å². The lowest BCUT2D eigenvalue weighted by Crippen LogP contribution is -2.46. The average molecular weight is 446 g/mol. The molecule has 1 fully saturated rings. The summed E-state index contributed by atoms with van der Waals surface area (Å²) in [4.78, 5) is 26.4. The first-order valence-corrected chi connectivity index (χ1v) is 11.2. The van der Waals surface area contributed by atoms with Gasteiger partial charge in [0.2, 0.25) is 5.91 Å². The third-order valence-corrected chi connectivity index (χ3v) is 7.59. The van der Waals surface area contributed by atoms with E-state index in [-0.39, 0.29) is 5.92 Å². The lowest BCUT2D eigenvalue weighted by atomic mass is 9.86. The van der Waals surface area contributed by atoms with Gasteiger partial charge in [-0.2, -0.15) is 0 Å². The number of aryl methyl sites for hydroxylation is 1. The van der Waals surface area contributed by atoms with E-state index in [0.717, 1.165) is 54.8 Å². The van der Waals surface area contributed by atoms with Gasteiger partial charge in [0, 0.05) is 34.5 Å². The Morgan fingerprint density at radius 3 is 2.93 bits per heavy atom. The molecule has 2 aromatic heterocycles. The third kappa shape index (κ3) is 3.33. The fourth-order valence-corrected chi connectivity index (χ4v) is 5.69.